The standard InChI is InChI=1S/C16H14BrNO/c1-19-13-7-5-12(6-8-13)11-18-10-9-14-15(17)3-2-4-16(14)18/h2-10H,11H2,1H3. The van der Waals surface area contributed by atoms with Crippen molar-refractivity contribution in [2.75, 3.05) is 7.11 Å². The Bertz CT molecular complexity index is 700. The van der Waals surface area contributed by atoms with Crippen molar-refractivity contribution < 1.29 is 4.74 Å². The topological polar surface area (TPSA) is 14.2 Å². The van der Waals surface area contributed by atoms with Crippen molar-refractivity contribution in [3.8, 4) is 5.75 Å². The van der Waals surface area contributed by atoms with Gasteiger partial charge in [0, 0.05) is 28.1 Å². The highest BCUT2D eigenvalue weighted by Gasteiger charge is 2.04. The molecule has 1 heterocycles. The minimum Gasteiger partial charge on any atom is -0.497 e. The van der Waals surface area contributed by atoms with Gasteiger partial charge in [0.25, 0.3) is 0 Å². The van der Waals surface area contributed by atoms with Crippen molar-refractivity contribution in [2.24, 2.45) is 0 Å². The summed E-state index contributed by atoms with van der Waals surface area (Å²) in [6, 6.07) is 16.6. The molecule has 3 rings (SSSR count). The van der Waals surface area contributed by atoms with Gasteiger partial charge in [-0.3, -0.25) is 0 Å². The maximum Gasteiger partial charge on any atom is 0.118 e. The number of ether oxygens (including phenoxy) is 1. The summed E-state index contributed by atoms with van der Waals surface area (Å²) in [6.45, 7) is 0.865. The maximum atomic E-state index is 5.18. The van der Waals surface area contributed by atoms with E-state index < -0.39 is 0 Å². The Morgan fingerprint density at radius 3 is 2.58 bits per heavy atom. The number of rotatable bonds is 3. The maximum absolute atomic E-state index is 5.18. The van der Waals surface area contributed by atoms with Crippen LogP contribution in [0, 0.1) is 0 Å². The van der Waals surface area contributed by atoms with E-state index >= 15 is 0 Å². The first-order chi connectivity index (χ1) is 9.28. The molecule has 0 amide bonds. The van der Waals surface area contributed by atoms with Gasteiger partial charge in [-0.1, -0.05) is 34.1 Å². The number of hydrogen-bond donors (Lipinski definition) is 0. The summed E-state index contributed by atoms with van der Waals surface area (Å²) in [7, 11) is 1.69. The lowest BCUT2D eigenvalue weighted by Crippen LogP contribution is -1.97. The molecule has 0 fully saturated rings. The van der Waals surface area contributed by atoms with Crippen molar-refractivity contribution in [1.82, 2.24) is 4.57 Å². The van der Waals surface area contributed by atoms with Gasteiger partial charge in [-0.05, 0) is 35.9 Å². The predicted molar refractivity (Wildman–Crippen MR) is 81.7 cm³/mol. The molecule has 96 valence electrons. The Kier molecular flexibility index (Phi) is 3.30. The minimum atomic E-state index is 0.865. The summed E-state index contributed by atoms with van der Waals surface area (Å²) >= 11 is 3.58. The molecule has 0 saturated carbocycles. The zero-order chi connectivity index (χ0) is 13.2. The molecule has 0 unspecified atom stereocenters. The lowest BCUT2D eigenvalue weighted by molar-refractivity contribution is 0.414. The van der Waals surface area contributed by atoms with Gasteiger partial charge in [-0.2, -0.15) is 0 Å². The van der Waals surface area contributed by atoms with Crippen LogP contribution in [0.5, 0.6) is 5.75 Å². The molecule has 3 heteroatoms. The van der Waals surface area contributed by atoms with Crippen LogP contribution in [0.3, 0.4) is 0 Å². The van der Waals surface area contributed by atoms with Crippen LogP contribution >= 0.6 is 15.9 Å². The lowest BCUT2D eigenvalue weighted by atomic mass is 10.2. The molecular formula is C16H14BrNO. The molecule has 0 N–H and O–H groups in total. The molecule has 0 aliphatic heterocycles. The Hall–Kier alpha value is -1.74. The average molecular weight is 316 g/mol. The summed E-state index contributed by atoms with van der Waals surface area (Å²) in [5, 5.41) is 1.25. The van der Waals surface area contributed by atoms with Crippen LogP contribution in [-0.4, -0.2) is 11.7 Å². The Morgan fingerprint density at radius 2 is 1.84 bits per heavy atom. The van der Waals surface area contributed by atoms with Crippen molar-refractivity contribution in [3.05, 3.63) is 64.8 Å². The van der Waals surface area contributed by atoms with Crippen LogP contribution in [0.25, 0.3) is 10.9 Å². The number of methoxy groups -OCH3 is 1. The molecule has 0 bridgehead atoms. The van der Waals surface area contributed by atoms with Crippen molar-refractivity contribution in [3.63, 3.8) is 0 Å². The summed E-state index contributed by atoms with van der Waals surface area (Å²) in [5.74, 6) is 0.892. The second-order valence-corrected chi connectivity index (χ2v) is 5.32. The number of nitrogens with zero attached hydrogens (tertiary/aromatic N) is 1. The third-order valence-corrected chi connectivity index (χ3v) is 3.96. The highest BCUT2D eigenvalue weighted by molar-refractivity contribution is 9.10. The Labute approximate surface area is 120 Å². The van der Waals surface area contributed by atoms with Crippen LogP contribution in [-0.2, 0) is 6.54 Å². The SMILES string of the molecule is COc1ccc(Cn2ccc3c(Br)cccc32)cc1. The molecule has 2 nitrogen and oxygen atoms in total. The number of halogens is 1. The fourth-order valence-corrected chi connectivity index (χ4v) is 2.74. The van der Waals surface area contributed by atoms with E-state index in [0.29, 0.717) is 0 Å². The first-order valence-corrected chi connectivity index (χ1v) is 6.93. The Morgan fingerprint density at radius 1 is 1.05 bits per heavy atom. The molecule has 19 heavy (non-hydrogen) atoms. The van der Waals surface area contributed by atoms with Crippen molar-refractivity contribution >= 4 is 26.8 Å². The Balaban J connectivity index is 1.94. The first-order valence-electron chi connectivity index (χ1n) is 6.14. The molecule has 0 saturated heterocycles. The van der Waals surface area contributed by atoms with E-state index in [0.717, 1.165) is 16.8 Å². The fourth-order valence-electron chi connectivity index (χ4n) is 2.25. The average Bonchev–Trinajstić information content (AvgIpc) is 2.84. The van der Waals surface area contributed by atoms with Crippen LogP contribution in [0.2, 0.25) is 0 Å². The highest BCUT2D eigenvalue weighted by Crippen LogP contribution is 2.25. The zero-order valence-corrected chi connectivity index (χ0v) is 12.2. The second kappa shape index (κ2) is 5.10. The molecule has 0 aliphatic rings. The molecular weight excluding hydrogens is 302 g/mol. The van der Waals surface area contributed by atoms with Crippen LogP contribution in [0.15, 0.2) is 59.2 Å². The van der Waals surface area contributed by atoms with E-state index in [4.69, 9.17) is 4.74 Å². The lowest BCUT2D eigenvalue weighted by Gasteiger charge is -2.07. The third kappa shape index (κ3) is 2.38. The molecule has 1 aromatic heterocycles. The van der Waals surface area contributed by atoms with E-state index in [9.17, 15) is 0 Å². The molecule has 2 aromatic carbocycles. The van der Waals surface area contributed by atoms with Gasteiger partial charge >= 0.3 is 0 Å². The molecule has 0 radical (unpaired) electrons. The summed E-state index contributed by atoms with van der Waals surface area (Å²) in [4.78, 5) is 0. The number of fused-ring (bicyclic) bond motifs is 1. The monoisotopic (exact) mass is 315 g/mol. The largest absolute Gasteiger partial charge is 0.497 e. The van der Waals surface area contributed by atoms with Gasteiger partial charge in [0.15, 0.2) is 0 Å². The van der Waals surface area contributed by atoms with Gasteiger partial charge in [0.2, 0.25) is 0 Å². The van der Waals surface area contributed by atoms with Gasteiger partial charge in [-0.15, -0.1) is 0 Å². The van der Waals surface area contributed by atoms with Gasteiger partial charge in [0.1, 0.15) is 5.75 Å². The van der Waals surface area contributed by atoms with Crippen LogP contribution in [0.4, 0.5) is 0 Å². The van der Waals surface area contributed by atoms with Gasteiger partial charge < -0.3 is 9.30 Å². The number of aromatic nitrogens is 1. The molecule has 0 spiro atoms. The number of hydrogen-bond acceptors (Lipinski definition) is 1. The molecule has 0 aliphatic carbocycles. The second-order valence-electron chi connectivity index (χ2n) is 4.46. The normalized spacial score (nSPS) is 10.8. The van der Waals surface area contributed by atoms with Crippen molar-refractivity contribution in [1.29, 1.82) is 0 Å². The smallest absolute Gasteiger partial charge is 0.118 e. The van der Waals surface area contributed by atoms with Crippen LogP contribution in [0.1, 0.15) is 5.56 Å². The van der Waals surface area contributed by atoms with Crippen molar-refractivity contribution in [2.45, 2.75) is 6.54 Å². The quantitative estimate of drug-likeness (QED) is 0.696. The van der Waals surface area contributed by atoms with Gasteiger partial charge in [-0.25, -0.2) is 0 Å². The summed E-state index contributed by atoms with van der Waals surface area (Å²) in [6.07, 6.45) is 2.12. The molecule has 3 aromatic rings. The van der Waals surface area contributed by atoms with E-state index in [2.05, 4.69) is 63.1 Å². The number of benzene rings is 2. The highest BCUT2D eigenvalue weighted by atomic mass is 79.9. The fraction of sp³-hybridized carbons (Fsp3) is 0.125. The zero-order valence-electron chi connectivity index (χ0n) is 10.6. The van der Waals surface area contributed by atoms with Crippen LogP contribution < -0.4 is 4.74 Å². The van der Waals surface area contributed by atoms with E-state index in [1.807, 2.05) is 12.1 Å². The third-order valence-electron chi connectivity index (χ3n) is 3.27. The molecule has 0 atom stereocenters. The van der Waals surface area contributed by atoms with Gasteiger partial charge in [0.05, 0.1) is 7.11 Å². The summed E-state index contributed by atoms with van der Waals surface area (Å²) < 4.78 is 8.57. The van der Waals surface area contributed by atoms with E-state index in [1.165, 1.54) is 16.5 Å². The predicted octanol–water partition coefficient (Wildman–Crippen LogP) is 4.46. The minimum absolute atomic E-state index is 0.865. The van der Waals surface area contributed by atoms with E-state index in [-0.39, 0.29) is 0 Å². The van der Waals surface area contributed by atoms with E-state index in [1.54, 1.807) is 7.11 Å². The first kappa shape index (κ1) is 12.3. The summed E-state index contributed by atoms with van der Waals surface area (Å²) in [5.41, 5.74) is 2.50.